The van der Waals surface area contributed by atoms with Gasteiger partial charge in [0.15, 0.2) is 0 Å². The molecule has 1 aliphatic heterocycles. The molecule has 1 aromatic carbocycles. The van der Waals surface area contributed by atoms with Crippen LogP contribution in [-0.4, -0.2) is 18.0 Å². The molecule has 0 N–H and O–H groups in total. The Morgan fingerprint density at radius 3 is 2.44 bits per heavy atom. The smallest absolute Gasteiger partial charge is 0.296 e. The van der Waals surface area contributed by atoms with Crippen LogP contribution in [0.15, 0.2) is 29.8 Å². The van der Waals surface area contributed by atoms with Crippen LogP contribution in [0.1, 0.15) is 67.7 Å². The summed E-state index contributed by atoms with van der Waals surface area (Å²) in [6, 6.07) is 4.59. The molecule has 2 aliphatic carbocycles. The lowest BCUT2D eigenvalue weighted by Gasteiger charge is -2.44. The van der Waals surface area contributed by atoms with Gasteiger partial charge in [-0.2, -0.15) is 13.2 Å². The molecule has 0 aromatic heterocycles. The second kappa shape index (κ2) is 6.79. The molecule has 25 heavy (non-hydrogen) atoms. The lowest BCUT2D eigenvalue weighted by molar-refractivity contribution is -0.137. The summed E-state index contributed by atoms with van der Waals surface area (Å²) in [5, 5.41) is 0. The summed E-state index contributed by atoms with van der Waals surface area (Å²) in [7, 11) is 0. The molecule has 2 atom stereocenters. The SMILES string of the molecule is FC(F)(F)c1ccc2c(c1)[C@@H](N1CCCCCC1)[C@@H]1CCCC=C1C2. The third kappa shape index (κ3) is 3.38. The summed E-state index contributed by atoms with van der Waals surface area (Å²) in [5.74, 6) is 0.405. The summed E-state index contributed by atoms with van der Waals surface area (Å²) >= 11 is 0. The highest BCUT2D eigenvalue weighted by Gasteiger charge is 2.39. The molecule has 1 nitrogen and oxygen atoms in total. The van der Waals surface area contributed by atoms with Crippen molar-refractivity contribution in [1.29, 1.82) is 0 Å². The summed E-state index contributed by atoms with van der Waals surface area (Å²) in [5.41, 5.74) is 3.02. The molecule has 0 spiro atoms. The molecule has 1 aromatic rings. The van der Waals surface area contributed by atoms with E-state index >= 15 is 0 Å². The molecule has 0 radical (unpaired) electrons. The summed E-state index contributed by atoms with van der Waals surface area (Å²) in [6.45, 7) is 2.04. The first-order valence-electron chi connectivity index (χ1n) is 9.67. The Hall–Kier alpha value is -1.29. The quantitative estimate of drug-likeness (QED) is 0.570. The largest absolute Gasteiger partial charge is 0.416 e. The van der Waals surface area contributed by atoms with Gasteiger partial charge in [0, 0.05) is 6.04 Å². The summed E-state index contributed by atoms with van der Waals surface area (Å²) in [6.07, 6.45) is 7.14. The van der Waals surface area contributed by atoms with Gasteiger partial charge in [0.1, 0.15) is 0 Å². The zero-order chi connectivity index (χ0) is 17.4. The molecule has 3 aliphatic rings. The van der Waals surface area contributed by atoms with Crippen molar-refractivity contribution in [3.05, 3.63) is 46.5 Å². The molecule has 1 saturated heterocycles. The lowest BCUT2D eigenvalue weighted by Crippen LogP contribution is -2.39. The Bertz CT molecular complexity index is 654. The van der Waals surface area contributed by atoms with E-state index in [4.69, 9.17) is 0 Å². The maximum absolute atomic E-state index is 13.3. The van der Waals surface area contributed by atoms with Crippen LogP contribution in [0.3, 0.4) is 0 Å². The van der Waals surface area contributed by atoms with Crippen LogP contribution in [0, 0.1) is 5.92 Å². The normalized spacial score (nSPS) is 27.9. The van der Waals surface area contributed by atoms with Gasteiger partial charge in [0.2, 0.25) is 0 Å². The fourth-order valence-electron chi connectivity index (χ4n) is 4.99. The zero-order valence-corrected chi connectivity index (χ0v) is 14.6. The van der Waals surface area contributed by atoms with Crippen molar-refractivity contribution in [1.82, 2.24) is 4.90 Å². The number of nitrogens with zero attached hydrogens (tertiary/aromatic N) is 1. The van der Waals surface area contributed by atoms with Crippen molar-refractivity contribution >= 4 is 0 Å². The lowest BCUT2D eigenvalue weighted by atomic mass is 9.70. The average molecular weight is 349 g/mol. The van der Waals surface area contributed by atoms with Gasteiger partial charge in [-0.1, -0.05) is 30.6 Å². The maximum atomic E-state index is 13.3. The molecule has 1 heterocycles. The molecule has 136 valence electrons. The number of hydrogen-bond acceptors (Lipinski definition) is 1. The molecule has 4 heteroatoms. The average Bonchev–Trinajstić information content (AvgIpc) is 2.87. The number of alkyl halides is 3. The van der Waals surface area contributed by atoms with E-state index in [0.717, 1.165) is 62.7 Å². The number of rotatable bonds is 1. The van der Waals surface area contributed by atoms with Crippen LogP contribution in [0.4, 0.5) is 13.2 Å². The van der Waals surface area contributed by atoms with Crippen LogP contribution < -0.4 is 0 Å². The summed E-state index contributed by atoms with van der Waals surface area (Å²) < 4.78 is 39.9. The van der Waals surface area contributed by atoms with E-state index in [1.807, 2.05) is 0 Å². The van der Waals surface area contributed by atoms with E-state index in [0.29, 0.717) is 5.92 Å². The fourth-order valence-corrected chi connectivity index (χ4v) is 4.99. The second-order valence-electron chi connectivity index (χ2n) is 7.80. The van der Waals surface area contributed by atoms with Gasteiger partial charge in [-0.15, -0.1) is 0 Å². The van der Waals surface area contributed by atoms with Gasteiger partial charge in [-0.3, -0.25) is 4.90 Å². The number of benzene rings is 1. The Morgan fingerprint density at radius 2 is 1.72 bits per heavy atom. The van der Waals surface area contributed by atoms with Gasteiger partial charge in [0.25, 0.3) is 0 Å². The van der Waals surface area contributed by atoms with Crippen molar-refractivity contribution < 1.29 is 13.2 Å². The van der Waals surface area contributed by atoms with E-state index in [2.05, 4.69) is 11.0 Å². The first-order valence-corrected chi connectivity index (χ1v) is 9.67. The molecule has 0 unspecified atom stereocenters. The predicted octanol–water partition coefficient (Wildman–Crippen LogP) is 5.91. The molecule has 0 bridgehead atoms. The van der Waals surface area contributed by atoms with Crippen molar-refractivity contribution in [2.75, 3.05) is 13.1 Å². The minimum Gasteiger partial charge on any atom is -0.296 e. The highest BCUT2D eigenvalue weighted by molar-refractivity contribution is 5.43. The summed E-state index contributed by atoms with van der Waals surface area (Å²) in [4.78, 5) is 2.50. The third-order valence-electron chi connectivity index (χ3n) is 6.20. The fraction of sp³-hybridized carbons (Fsp3) is 0.619. The number of fused-ring (bicyclic) bond motifs is 2. The standard InChI is InChI=1S/C21H26F3N/c22-21(23,24)17-10-9-16-13-15-7-3-4-8-18(15)20(19(16)14-17)25-11-5-1-2-6-12-25/h7,9-10,14,18,20H,1-6,8,11-13H2/t18-,20+/m1/s1. The third-order valence-corrected chi connectivity index (χ3v) is 6.20. The van der Waals surface area contributed by atoms with Crippen LogP contribution in [0.2, 0.25) is 0 Å². The van der Waals surface area contributed by atoms with Crippen LogP contribution in [0.5, 0.6) is 0 Å². The van der Waals surface area contributed by atoms with E-state index in [1.54, 1.807) is 6.07 Å². The molecule has 0 amide bonds. The van der Waals surface area contributed by atoms with Crippen molar-refractivity contribution in [3.63, 3.8) is 0 Å². The number of likely N-dealkylation sites (tertiary alicyclic amines) is 1. The Kier molecular flexibility index (Phi) is 4.65. The highest BCUT2D eigenvalue weighted by Crippen LogP contribution is 2.47. The minimum atomic E-state index is -4.26. The van der Waals surface area contributed by atoms with Gasteiger partial charge in [0.05, 0.1) is 5.56 Å². The highest BCUT2D eigenvalue weighted by atomic mass is 19.4. The Morgan fingerprint density at radius 1 is 0.960 bits per heavy atom. The molecular weight excluding hydrogens is 323 g/mol. The first-order chi connectivity index (χ1) is 12.0. The molecular formula is C21H26F3N. The number of allylic oxidation sites excluding steroid dienone is 1. The van der Waals surface area contributed by atoms with E-state index in [1.165, 1.54) is 30.5 Å². The van der Waals surface area contributed by atoms with Gasteiger partial charge < -0.3 is 0 Å². The molecule has 0 saturated carbocycles. The zero-order valence-electron chi connectivity index (χ0n) is 14.6. The topological polar surface area (TPSA) is 3.24 Å². The first kappa shape index (κ1) is 17.1. The van der Waals surface area contributed by atoms with Crippen molar-refractivity contribution in [3.8, 4) is 0 Å². The van der Waals surface area contributed by atoms with Crippen LogP contribution >= 0.6 is 0 Å². The van der Waals surface area contributed by atoms with Gasteiger partial charge >= 0.3 is 6.18 Å². The van der Waals surface area contributed by atoms with E-state index in [-0.39, 0.29) is 6.04 Å². The number of halogens is 3. The van der Waals surface area contributed by atoms with Gasteiger partial charge in [-0.05, 0) is 80.8 Å². The van der Waals surface area contributed by atoms with Gasteiger partial charge in [-0.25, -0.2) is 0 Å². The van der Waals surface area contributed by atoms with Crippen molar-refractivity contribution in [2.24, 2.45) is 5.92 Å². The van der Waals surface area contributed by atoms with Crippen molar-refractivity contribution in [2.45, 2.75) is 63.6 Å². The van der Waals surface area contributed by atoms with Crippen LogP contribution in [0.25, 0.3) is 0 Å². The Labute approximate surface area is 147 Å². The van der Waals surface area contributed by atoms with Crippen LogP contribution in [-0.2, 0) is 12.6 Å². The predicted molar refractivity (Wildman–Crippen MR) is 93.4 cm³/mol. The Balaban J connectivity index is 1.78. The van der Waals surface area contributed by atoms with E-state index < -0.39 is 11.7 Å². The minimum absolute atomic E-state index is 0.135. The molecule has 1 fully saturated rings. The van der Waals surface area contributed by atoms with E-state index in [9.17, 15) is 13.2 Å². The molecule has 4 rings (SSSR count). The number of hydrogen-bond donors (Lipinski definition) is 0. The monoisotopic (exact) mass is 349 g/mol. The second-order valence-corrected chi connectivity index (χ2v) is 7.80. The maximum Gasteiger partial charge on any atom is 0.416 e.